The van der Waals surface area contributed by atoms with Crippen LogP contribution >= 0.6 is 11.8 Å². The summed E-state index contributed by atoms with van der Waals surface area (Å²) < 4.78 is 13.3. The van der Waals surface area contributed by atoms with E-state index in [9.17, 15) is 9.65 Å². The Bertz CT molecular complexity index is 965. The van der Waals surface area contributed by atoms with Crippen LogP contribution in [0.3, 0.4) is 0 Å². The van der Waals surface area contributed by atoms with Gasteiger partial charge in [0.2, 0.25) is 0 Å². The van der Waals surface area contributed by atoms with Gasteiger partial charge in [-0.3, -0.25) is 0 Å². The Hall–Kier alpha value is -2.91. The van der Waals surface area contributed by atoms with Gasteiger partial charge in [0.15, 0.2) is 5.16 Å². The van der Waals surface area contributed by atoms with Crippen molar-refractivity contribution in [1.82, 2.24) is 9.97 Å². The first-order chi connectivity index (χ1) is 12.5. The van der Waals surface area contributed by atoms with Crippen molar-refractivity contribution in [3.63, 3.8) is 0 Å². The number of nitrogens with two attached hydrogens (primary N) is 1. The molecule has 2 N–H and O–H groups in total. The van der Waals surface area contributed by atoms with Gasteiger partial charge in [0.05, 0.1) is 5.69 Å². The van der Waals surface area contributed by atoms with E-state index in [0.29, 0.717) is 28.6 Å². The summed E-state index contributed by atoms with van der Waals surface area (Å²) in [6.45, 7) is 2.02. The molecule has 0 aliphatic carbocycles. The third-order valence-corrected chi connectivity index (χ3v) is 4.77. The Morgan fingerprint density at radius 2 is 1.88 bits per heavy atom. The molecular weight excluding hydrogens is 347 g/mol. The predicted octanol–water partition coefficient (Wildman–Crippen LogP) is 4.26. The molecule has 0 aliphatic rings. The second-order valence-electron chi connectivity index (χ2n) is 5.91. The molecule has 0 spiro atoms. The van der Waals surface area contributed by atoms with Crippen LogP contribution in [0, 0.1) is 24.1 Å². The average molecular weight is 364 g/mol. The second-order valence-corrected chi connectivity index (χ2v) is 6.85. The lowest BCUT2D eigenvalue weighted by atomic mass is 10.0. The summed E-state index contributed by atoms with van der Waals surface area (Å²) in [6.07, 6.45) is 0.503. The van der Waals surface area contributed by atoms with E-state index in [-0.39, 0.29) is 11.6 Å². The Morgan fingerprint density at radius 3 is 2.58 bits per heavy atom. The van der Waals surface area contributed by atoms with Crippen LogP contribution in [0.1, 0.15) is 27.9 Å². The number of halogens is 1. The number of nitrogens with zero attached hydrogens (tertiary/aromatic N) is 3. The summed E-state index contributed by atoms with van der Waals surface area (Å²) in [4.78, 5) is 8.73. The zero-order chi connectivity index (χ0) is 18.5. The summed E-state index contributed by atoms with van der Waals surface area (Å²) in [5.41, 5.74) is 9.92. The maximum absolute atomic E-state index is 13.3. The molecule has 0 amide bonds. The number of aromatic nitrogens is 2. The zero-order valence-electron chi connectivity index (χ0n) is 14.2. The zero-order valence-corrected chi connectivity index (χ0v) is 15.1. The van der Waals surface area contributed by atoms with Crippen LogP contribution in [0.25, 0.3) is 0 Å². The first-order valence-electron chi connectivity index (χ1n) is 8.04. The van der Waals surface area contributed by atoms with Crippen molar-refractivity contribution in [2.75, 3.05) is 5.73 Å². The van der Waals surface area contributed by atoms with Crippen molar-refractivity contribution in [3.8, 4) is 6.07 Å². The van der Waals surface area contributed by atoms with Crippen molar-refractivity contribution in [2.24, 2.45) is 0 Å². The molecule has 1 heterocycles. The number of hydrogen-bond acceptors (Lipinski definition) is 5. The minimum absolute atomic E-state index is 0.173. The van der Waals surface area contributed by atoms with E-state index in [1.807, 2.05) is 37.3 Å². The molecule has 130 valence electrons. The molecule has 0 aliphatic heterocycles. The molecule has 0 saturated carbocycles. The molecule has 6 heteroatoms. The molecule has 2 aromatic carbocycles. The number of aryl methyl sites for hydroxylation is 1. The molecule has 0 unspecified atom stereocenters. The summed E-state index contributed by atoms with van der Waals surface area (Å²) in [5.74, 6) is 0.419. The Balaban J connectivity index is 1.84. The fourth-order valence-corrected chi connectivity index (χ4v) is 3.30. The first kappa shape index (κ1) is 17.9. The van der Waals surface area contributed by atoms with Gasteiger partial charge < -0.3 is 5.73 Å². The Labute approximate surface area is 155 Å². The quantitative estimate of drug-likeness (QED) is 0.541. The molecule has 3 aromatic rings. The van der Waals surface area contributed by atoms with Crippen molar-refractivity contribution < 1.29 is 4.39 Å². The number of thioether (sulfide) groups is 1. The summed E-state index contributed by atoms with van der Waals surface area (Å²) in [7, 11) is 0. The van der Waals surface area contributed by atoms with E-state index < -0.39 is 0 Å². The maximum atomic E-state index is 13.3. The highest BCUT2D eigenvalue weighted by Crippen LogP contribution is 2.24. The second kappa shape index (κ2) is 7.98. The lowest BCUT2D eigenvalue weighted by Gasteiger charge is -2.09. The highest BCUT2D eigenvalue weighted by molar-refractivity contribution is 7.98. The summed E-state index contributed by atoms with van der Waals surface area (Å²) >= 11 is 1.36. The lowest BCUT2D eigenvalue weighted by Crippen LogP contribution is -2.06. The smallest absolute Gasteiger partial charge is 0.190 e. The highest BCUT2D eigenvalue weighted by atomic mass is 32.2. The van der Waals surface area contributed by atoms with E-state index in [1.165, 1.54) is 29.5 Å². The Kier molecular flexibility index (Phi) is 5.49. The SMILES string of the molecule is Cc1ccc(Cc2nc(SCc3cccc(F)c3)nc(N)c2C#N)cc1. The minimum Gasteiger partial charge on any atom is -0.382 e. The summed E-state index contributed by atoms with van der Waals surface area (Å²) in [6, 6.07) is 16.5. The minimum atomic E-state index is -0.275. The molecule has 3 rings (SSSR count). The predicted molar refractivity (Wildman–Crippen MR) is 101 cm³/mol. The highest BCUT2D eigenvalue weighted by Gasteiger charge is 2.13. The molecule has 0 saturated heterocycles. The van der Waals surface area contributed by atoms with Gasteiger partial charge >= 0.3 is 0 Å². The standard InChI is InChI=1S/C20H17FN4S/c1-13-5-7-14(8-6-13)10-18-17(11-22)19(23)25-20(24-18)26-12-15-3-2-4-16(21)9-15/h2-9H,10,12H2,1H3,(H2,23,24,25). The lowest BCUT2D eigenvalue weighted by molar-refractivity contribution is 0.626. The van der Waals surface area contributed by atoms with Gasteiger partial charge in [0.25, 0.3) is 0 Å². The van der Waals surface area contributed by atoms with Crippen LogP contribution in [0.15, 0.2) is 53.7 Å². The van der Waals surface area contributed by atoms with Gasteiger partial charge in [-0.1, -0.05) is 53.7 Å². The van der Waals surface area contributed by atoms with Crippen molar-refractivity contribution in [2.45, 2.75) is 24.3 Å². The van der Waals surface area contributed by atoms with Crippen LogP contribution in [-0.4, -0.2) is 9.97 Å². The summed E-state index contributed by atoms with van der Waals surface area (Å²) in [5, 5.41) is 9.87. The molecule has 0 bridgehead atoms. The number of nitrogen functional groups attached to an aromatic ring is 1. The molecule has 4 nitrogen and oxygen atoms in total. The topological polar surface area (TPSA) is 75.6 Å². The van der Waals surface area contributed by atoms with E-state index in [2.05, 4.69) is 16.0 Å². The fourth-order valence-electron chi connectivity index (χ4n) is 2.49. The van der Waals surface area contributed by atoms with Gasteiger partial charge in [-0.2, -0.15) is 5.26 Å². The van der Waals surface area contributed by atoms with Gasteiger partial charge in [0.1, 0.15) is 23.3 Å². The van der Waals surface area contributed by atoms with Crippen LogP contribution in [0.5, 0.6) is 0 Å². The van der Waals surface area contributed by atoms with Gasteiger partial charge in [-0.15, -0.1) is 0 Å². The van der Waals surface area contributed by atoms with E-state index >= 15 is 0 Å². The largest absolute Gasteiger partial charge is 0.382 e. The molecule has 0 atom stereocenters. The number of rotatable bonds is 5. The number of nitriles is 1. The van der Waals surface area contributed by atoms with Crippen LogP contribution in [0.2, 0.25) is 0 Å². The molecule has 1 aromatic heterocycles. The first-order valence-corrected chi connectivity index (χ1v) is 9.03. The number of hydrogen-bond donors (Lipinski definition) is 1. The van der Waals surface area contributed by atoms with E-state index in [4.69, 9.17) is 5.73 Å². The third-order valence-electron chi connectivity index (χ3n) is 3.85. The van der Waals surface area contributed by atoms with Crippen LogP contribution < -0.4 is 5.73 Å². The number of anilines is 1. The molecule has 0 radical (unpaired) electrons. The monoisotopic (exact) mass is 364 g/mol. The van der Waals surface area contributed by atoms with Crippen LogP contribution in [-0.2, 0) is 12.2 Å². The van der Waals surface area contributed by atoms with Crippen LogP contribution in [0.4, 0.5) is 10.2 Å². The van der Waals surface area contributed by atoms with E-state index in [1.54, 1.807) is 6.07 Å². The van der Waals surface area contributed by atoms with Gasteiger partial charge in [0, 0.05) is 12.2 Å². The third kappa shape index (κ3) is 4.38. The van der Waals surface area contributed by atoms with Crippen molar-refractivity contribution in [1.29, 1.82) is 5.26 Å². The molecular formula is C20H17FN4S. The average Bonchev–Trinajstić information content (AvgIpc) is 2.62. The van der Waals surface area contributed by atoms with Crippen molar-refractivity contribution in [3.05, 3.63) is 82.3 Å². The van der Waals surface area contributed by atoms with E-state index in [0.717, 1.165) is 11.1 Å². The van der Waals surface area contributed by atoms with Crippen molar-refractivity contribution >= 4 is 17.6 Å². The fraction of sp³-hybridized carbons (Fsp3) is 0.150. The normalized spacial score (nSPS) is 10.5. The molecule has 0 fully saturated rings. The maximum Gasteiger partial charge on any atom is 0.190 e. The molecule has 26 heavy (non-hydrogen) atoms. The van der Waals surface area contributed by atoms with Gasteiger partial charge in [-0.05, 0) is 30.2 Å². The Morgan fingerprint density at radius 1 is 1.12 bits per heavy atom. The number of benzene rings is 2. The van der Waals surface area contributed by atoms with Gasteiger partial charge in [-0.25, -0.2) is 14.4 Å².